The first-order chi connectivity index (χ1) is 16.4. The number of hydrogen-bond acceptors (Lipinski definition) is 3. The van der Waals surface area contributed by atoms with Gasteiger partial charge in [0, 0.05) is 28.8 Å². The van der Waals surface area contributed by atoms with Crippen LogP contribution in [0, 0.1) is 0 Å². The highest BCUT2D eigenvalue weighted by atomic mass is 36.5. The van der Waals surface area contributed by atoms with Crippen molar-refractivity contribution >= 4 is 56.5 Å². The molecule has 0 aliphatic rings. The Hall–Kier alpha value is 0.0700. The molecule has 0 rings (SSSR count). The molecule has 40 heavy (non-hydrogen) atoms. The van der Waals surface area contributed by atoms with Crippen LogP contribution in [0.15, 0.2) is 0 Å². The molecule has 0 aliphatic heterocycles. The van der Waals surface area contributed by atoms with Gasteiger partial charge in [0.2, 0.25) is 11.1 Å². The molecular weight excluding hydrogens is 735 g/mol. The molecular formula is C14H17Cl5F18O3. The van der Waals surface area contributed by atoms with E-state index in [0.717, 1.165) is 0 Å². The van der Waals surface area contributed by atoms with E-state index in [1.165, 1.54) is 0 Å². The monoisotopic (exact) mass is 750 g/mol. The molecule has 26 heteroatoms. The molecule has 0 fully saturated rings. The molecule has 0 bridgehead atoms. The van der Waals surface area contributed by atoms with Crippen LogP contribution in [0.1, 0.15) is 14.9 Å². The van der Waals surface area contributed by atoms with E-state index in [2.05, 4.69) is 70.7 Å². The highest BCUT2D eigenvalue weighted by molar-refractivity contribution is 6.85. The van der Waals surface area contributed by atoms with E-state index in [1.807, 2.05) is 0 Å². The van der Waals surface area contributed by atoms with Crippen LogP contribution in [0.4, 0.5) is 79.0 Å². The third-order valence-electron chi connectivity index (χ3n) is 2.49. The fourth-order valence-corrected chi connectivity index (χ4v) is 1.66. The summed E-state index contributed by atoms with van der Waals surface area (Å²) in [6.45, 7) is 0. The average molecular weight is 753 g/mol. The molecule has 252 valence electrons. The summed E-state index contributed by atoms with van der Waals surface area (Å²) in [5, 5.41) is -2.19. The summed E-state index contributed by atoms with van der Waals surface area (Å²) in [6, 6.07) is -1.16. The van der Waals surface area contributed by atoms with Crippen molar-refractivity contribution in [1.29, 1.82) is 0 Å². The number of methoxy groups -OCH3 is 1. The van der Waals surface area contributed by atoms with Crippen molar-refractivity contribution in [3.63, 3.8) is 0 Å². The lowest BCUT2D eigenvalue weighted by molar-refractivity contribution is -0.321. The predicted octanol–water partition coefficient (Wildman–Crippen LogP) is 10.7. The lowest BCUT2D eigenvalue weighted by Crippen LogP contribution is -2.45. The van der Waals surface area contributed by atoms with Crippen LogP contribution in [-0.4, -0.2) is 73.6 Å². The minimum atomic E-state index is -5.58. The van der Waals surface area contributed by atoms with E-state index in [0.29, 0.717) is 7.11 Å². The summed E-state index contributed by atoms with van der Waals surface area (Å²) >= 11 is 13.8. The average Bonchev–Trinajstić information content (AvgIpc) is 2.61. The quantitative estimate of drug-likeness (QED) is 0.207. The molecule has 0 saturated heterocycles. The van der Waals surface area contributed by atoms with Gasteiger partial charge in [-0.05, 0) is 0 Å². The van der Waals surface area contributed by atoms with Gasteiger partial charge < -0.3 is 14.2 Å². The van der Waals surface area contributed by atoms with Crippen molar-refractivity contribution in [2.75, 3.05) is 13.2 Å². The third kappa shape index (κ3) is 25.8. The first-order valence-electron chi connectivity index (χ1n) is 7.62. The van der Waals surface area contributed by atoms with Gasteiger partial charge in [-0.3, -0.25) is 0 Å². The molecule has 0 aliphatic carbocycles. The fourth-order valence-electron chi connectivity index (χ4n) is 1.33. The molecule has 0 N–H and O–H groups in total. The van der Waals surface area contributed by atoms with E-state index >= 15 is 0 Å². The van der Waals surface area contributed by atoms with Crippen molar-refractivity contribution in [2.45, 2.75) is 75.2 Å². The SMILES string of the molecule is C.C.COC(C(F)(F)F)C(F)(F)F.ClCl.FC(F)(F)C(OC(Cl)Cl)C(F)(F)F.FC(F)(F)C(OCCl)C(F)(F)F. The van der Waals surface area contributed by atoms with Crippen molar-refractivity contribution in [3.05, 3.63) is 0 Å². The lowest BCUT2D eigenvalue weighted by Gasteiger charge is -2.23. The van der Waals surface area contributed by atoms with Gasteiger partial charge in [0.05, 0.1) is 0 Å². The fraction of sp³-hybridized carbons (Fsp3) is 1.00. The zero-order chi connectivity index (χ0) is 32.1. The second kappa shape index (κ2) is 20.9. The largest absolute Gasteiger partial charge is 0.423 e. The van der Waals surface area contributed by atoms with Crippen LogP contribution in [0.2, 0.25) is 0 Å². The standard InChI is InChI=1S/C4H2Cl2F6O.C4H3ClF6O.C4H4F6O.2CH4.Cl2/c5-2(6)13-1(3(7,8)9)4(10,11)12;5-1-12-2(3(6,7)8)4(9,10)11;1-11-2(3(5,6)7)4(8,9)10;;;1-2/h1-2H;2H,1H2;2H,1H3;2*1H4;. The Morgan fingerprint density at radius 2 is 0.725 bits per heavy atom. The molecule has 0 aromatic rings. The molecule has 0 spiro atoms. The van der Waals surface area contributed by atoms with Crippen molar-refractivity contribution in [1.82, 2.24) is 0 Å². The maximum Gasteiger partial charge on any atom is 0.423 e. The van der Waals surface area contributed by atoms with E-state index < -0.39 is 66.5 Å². The first kappa shape index (κ1) is 52.7. The Balaban J connectivity index is -0.000000103. The van der Waals surface area contributed by atoms with Gasteiger partial charge in [-0.2, -0.15) is 79.0 Å². The number of ether oxygens (including phenoxy) is 3. The maximum absolute atomic E-state index is 11.6. The summed E-state index contributed by atoms with van der Waals surface area (Å²) in [4.78, 5) is 0. The normalized spacial score (nSPS) is 12.9. The second-order valence-electron chi connectivity index (χ2n) is 5.30. The molecule has 0 aromatic carbocycles. The van der Waals surface area contributed by atoms with E-state index in [1.54, 1.807) is 0 Å². The Bertz CT molecular complexity index is 560. The summed E-state index contributed by atoms with van der Waals surface area (Å²) in [7, 11) is 8.58. The van der Waals surface area contributed by atoms with Gasteiger partial charge in [-0.15, -0.1) is 0 Å². The Morgan fingerprint density at radius 1 is 0.500 bits per heavy atom. The van der Waals surface area contributed by atoms with Crippen LogP contribution >= 0.6 is 56.5 Å². The van der Waals surface area contributed by atoms with Gasteiger partial charge in [0.15, 0.2) is 0 Å². The van der Waals surface area contributed by atoms with Crippen molar-refractivity contribution in [3.8, 4) is 0 Å². The number of hydrogen-bond donors (Lipinski definition) is 0. The van der Waals surface area contributed by atoms with Gasteiger partial charge >= 0.3 is 37.1 Å². The highest BCUT2D eigenvalue weighted by Crippen LogP contribution is 2.38. The van der Waals surface area contributed by atoms with Crippen molar-refractivity contribution < 1.29 is 93.2 Å². The smallest absolute Gasteiger partial charge is 0.364 e. The minimum absolute atomic E-state index is 0. The number of rotatable bonds is 5. The van der Waals surface area contributed by atoms with E-state index in [4.69, 9.17) is 0 Å². The highest BCUT2D eigenvalue weighted by Gasteiger charge is 2.59. The lowest BCUT2D eigenvalue weighted by atomic mass is 10.3. The van der Waals surface area contributed by atoms with Gasteiger partial charge in [-0.25, -0.2) is 0 Å². The summed E-state index contributed by atoms with van der Waals surface area (Å²) in [5.41, 5.74) is 0. The predicted molar refractivity (Wildman–Crippen MR) is 108 cm³/mol. The van der Waals surface area contributed by atoms with Crippen LogP contribution in [-0.2, 0) is 14.2 Å². The van der Waals surface area contributed by atoms with E-state index in [9.17, 15) is 79.0 Å². The van der Waals surface area contributed by atoms with Gasteiger partial charge in [0.1, 0.15) is 6.07 Å². The van der Waals surface area contributed by atoms with Crippen molar-refractivity contribution in [2.24, 2.45) is 0 Å². The summed E-state index contributed by atoms with van der Waals surface area (Å²) < 4.78 is 217. The minimum Gasteiger partial charge on any atom is -0.364 e. The Kier molecular flexibility index (Phi) is 27.5. The van der Waals surface area contributed by atoms with Crippen LogP contribution in [0.25, 0.3) is 0 Å². The van der Waals surface area contributed by atoms with Crippen LogP contribution in [0.5, 0.6) is 0 Å². The Morgan fingerprint density at radius 3 is 0.775 bits per heavy atom. The summed E-state index contributed by atoms with van der Waals surface area (Å²) in [5.74, 6) is 0. The molecule has 0 radical (unpaired) electrons. The maximum atomic E-state index is 11.6. The number of halogens is 23. The molecule has 0 saturated carbocycles. The Labute approximate surface area is 238 Å². The molecule has 3 nitrogen and oxygen atoms in total. The zero-order valence-corrected chi connectivity index (χ0v) is 20.7. The molecule has 0 atom stereocenters. The topological polar surface area (TPSA) is 27.7 Å². The molecule has 0 heterocycles. The van der Waals surface area contributed by atoms with Gasteiger partial charge in [0.25, 0.3) is 12.2 Å². The van der Waals surface area contributed by atoms with Crippen LogP contribution < -0.4 is 0 Å². The molecule has 0 aromatic heterocycles. The molecule has 0 unspecified atom stereocenters. The van der Waals surface area contributed by atoms with E-state index in [-0.39, 0.29) is 14.9 Å². The zero-order valence-electron chi connectivity index (χ0n) is 16.9. The summed E-state index contributed by atoms with van der Waals surface area (Å²) in [6.07, 6.45) is -44.4. The van der Waals surface area contributed by atoms with Crippen LogP contribution in [0.3, 0.4) is 0 Å². The molecule has 0 amide bonds. The second-order valence-corrected chi connectivity index (χ2v) is 6.53. The van der Waals surface area contributed by atoms with Gasteiger partial charge in [-0.1, -0.05) is 49.7 Å². The first-order valence-corrected chi connectivity index (χ1v) is 10.2. The third-order valence-corrected chi connectivity index (χ3v) is 2.82. The number of alkyl halides is 21.